The molecule has 0 radical (unpaired) electrons. The molecule has 0 atom stereocenters. The number of rotatable bonds is 4. The molecule has 29 heavy (non-hydrogen) atoms. The molecule has 1 aliphatic heterocycles. The molecule has 1 saturated heterocycles. The Labute approximate surface area is 171 Å². The van der Waals surface area contributed by atoms with Gasteiger partial charge in [-0.15, -0.1) is 0 Å². The van der Waals surface area contributed by atoms with Crippen LogP contribution in [0.1, 0.15) is 26.3 Å². The maximum absolute atomic E-state index is 13.1. The molecule has 0 bridgehead atoms. The van der Waals surface area contributed by atoms with Crippen LogP contribution in [0.5, 0.6) is 0 Å². The number of carbonyl (C=O) groups excluding carboxylic acids is 1. The summed E-state index contributed by atoms with van der Waals surface area (Å²) in [5, 5.41) is 0.226. The second kappa shape index (κ2) is 8.43. The van der Waals surface area contributed by atoms with Gasteiger partial charge in [-0.25, -0.2) is 9.78 Å². The highest BCUT2D eigenvalue weighted by Crippen LogP contribution is 2.36. The summed E-state index contributed by atoms with van der Waals surface area (Å²) in [6.07, 6.45) is -4.78. The monoisotopic (exact) mass is 431 g/mol. The molecule has 1 fully saturated rings. The minimum atomic E-state index is -4.48. The van der Waals surface area contributed by atoms with E-state index in [0.29, 0.717) is 31.9 Å². The summed E-state index contributed by atoms with van der Waals surface area (Å²) in [6.45, 7) is 8.82. The number of aromatic nitrogens is 1. The number of amides is 1. The van der Waals surface area contributed by atoms with Crippen molar-refractivity contribution in [3.63, 3.8) is 0 Å². The van der Waals surface area contributed by atoms with Gasteiger partial charge in [0.15, 0.2) is 5.58 Å². The SMILES string of the molecule is CC(C)(C)OC(=O)N1CCN(CCSc2nc3cccc(C(F)(F)F)c3o2)CC1. The van der Waals surface area contributed by atoms with Gasteiger partial charge in [-0.3, -0.25) is 4.90 Å². The molecule has 10 heteroatoms. The molecule has 1 aliphatic rings. The Balaban J connectivity index is 1.48. The summed E-state index contributed by atoms with van der Waals surface area (Å²) in [5.74, 6) is 0.626. The molecule has 0 saturated carbocycles. The first-order chi connectivity index (χ1) is 13.5. The third kappa shape index (κ3) is 5.79. The number of halogens is 3. The normalized spacial score (nSPS) is 16.4. The summed E-state index contributed by atoms with van der Waals surface area (Å²) in [5.41, 5.74) is -1.36. The molecule has 3 rings (SSSR count). The molecule has 1 aromatic carbocycles. The third-order valence-corrected chi connectivity index (χ3v) is 5.17. The molecule has 1 amide bonds. The number of alkyl halides is 3. The summed E-state index contributed by atoms with van der Waals surface area (Å²) in [7, 11) is 0. The third-order valence-electron chi connectivity index (χ3n) is 4.36. The standard InChI is InChI=1S/C19H24F3N3O3S/c1-18(2,3)28-17(26)25-9-7-24(8-10-25)11-12-29-16-23-14-6-4-5-13(15(14)27-16)19(20,21)22/h4-6H,7-12H2,1-3H3. The second-order valence-electron chi connectivity index (χ2n) is 7.79. The van der Waals surface area contributed by atoms with E-state index in [4.69, 9.17) is 9.15 Å². The first-order valence-electron chi connectivity index (χ1n) is 9.33. The maximum atomic E-state index is 13.1. The van der Waals surface area contributed by atoms with Crippen LogP contribution < -0.4 is 0 Å². The van der Waals surface area contributed by atoms with E-state index in [1.165, 1.54) is 23.9 Å². The lowest BCUT2D eigenvalue weighted by Crippen LogP contribution is -2.50. The number of carbonyl (C=O) groups is 1. The Morgan fingerprint density at radius 3 is 2.52 bits per heavy atom. The van der Waals surface area contributed by atoms with E-state index in [2.05, 4.69) is 9.88 Å². The number of benzene rings is 1. The number of fused-ring (bicyclic) bond motifs is 1. The highest BCUT2D eigenvalue weighted by Gasteiger charge is 2.34. The Kier molecular flexibility index (Phi) is 6.33. The molecule has 160 valence electrons. The smallest absolute Gasteiger partial charge is 0.420 e. The first-order valence-corrected chi connectivity index (χ1v) is 10.3. The van der Waals surface area contributed by atoms with Gasteiger partial charge >= 0.3 is 12.3 Å². The van der Waals surface area contributed by atoms with Crippen molar-refractivity contribution in [2.45, 2.75) is 37.8 Å². The van der Waals surface area contributed by atoms with Gasteiger partial charge in [0.05, 0.1) is 0 Å². The second-order valence-corrected chi connectivity index (χ2v) is 8.84. The lowest BCUT2D eigenvalue weighted by atomic mass is 10.2. The minimum Gasteiger partial charge on any atom is -0.444 e. The number of hydrogen-bond donors (Lipinski definition) is 0. The molecule has 0 unspecified atom stereocenters. The van der Waals surface area contributed by atoms with Crippen LogP contribution in [-0.2, 0) is 10.9 Å². The summed E-state index contributed by atoms with van der Waals surface area (Å²) in [4.78, 5) is 20.1. The zero-order chi connectivity index (χ0) is 21.2. The van der Waals surface area contributed by atoms with E-state index < -0.39 is 17.3 Å². The number of ether oxygens (including phenoxy) is 1. The van der Waals surface area contributed by atoms with Crippen LogP contribution >= 0.6 is 11.8 Å². The lowest BCUT2D eigenvalue weighted by Gasteiger charge is -2.35. The Hall–Kier alpha value is -1.94. The van der Waals surface area contributed by atoms with Gasteiger partial charge in [-0.2, -0.15) is 13.2 Å². The zero-order valence-electron chi connectivity index (χ0n) is 16.6. The highest BCUT2D eigenvalue weighted by atomic mass is 32.2. The number of oxazole rings is 1. The topological polar surface area (TPSA) is 58.8 Å². The van der Waals surface area contributed by atoms with Gasteiger partial charge in [0.25, 0.3) is 5.22 Å². The van der Waals surface area contributed by atoms with Gasteiger partial charge in [-0.1, -0.05) is 17.8 Å². The van der Waals surface area contributed by atoms with E-state index in [1.807, 2.05) is 20.8 Å². The van der Waals surface area contributed by atoms with E-state index in [-0.39, 0.29) is 22.4 Å². The molecule has 0 N–H and O–H groups in total. The molecule has 2 aromatic rings. The van der Waals surface area contributed by atoms with Crippen molar-refractivity contribution in [2.75, 3.05) is 38.5 Å². The summed E-state index contributed by atoms with van der Waals surface area (Å²) < 4.78 is 49.9. The Morgan fingerprint density at radius 2 is 1.90 bits per heavy atom. The van der Waals surface area contributed by atoms with Crippen LogP contribution in [0.25, 0.3) is 11.1 Å². The van der Waals surface area contributed by atoms with Crippen LogP contribution in [-0.4, -0.2) is 65.0 Å². The largest absolute Gasteiger partial charge is 0.444 e. The predicted molar refractivity (Wildman–Crippen MR) is 104 cm³/mol. The molecular weight excluding hydrogens is 407 g/mol. The van der Waals surface area contributed by atoms with Gasteiger partial charge in [0.1, 0.15) is 16.7 Å². The number of para-hydroxylation sites is 1. The number of hydrogen-bond acceptors (Lipinski definition) is 6. The van der Waals surface area contributed by atoms with Gasteiger partial charge in [-0.05, 0) is 32.9 Å². The maximum Gasteiger partial charge on any atom is 0.420 e. The van der Waals surface area contributed by atoms with Crippen molar-refractivity contribution in [1.82, 2.24) is 14.8 Å². The molecule has 0 aliphatic carbocycles. The molecular formula is C19H24F3N3O3S. The average molecular weight is 431 g/mol. The molecule has 2 heterocycles. The summed E-state index contributed by atoms with van der Waals surface area (Å²) >= 11 is 1.28. The van der Waals surface area contributed by atoms with Gasteiger partial charge < -0.3 is 14.1 Å². The van der Waals surface area contributed by atoms with Crippen LogP contribution in [0.4, 0.5) is 18.0 Å². The number of piperazine rings is 1. The summed E-state index contributed by atoms with van der Waals surface area (Å²) in [6, 6.07) is 3.83. The fraction of sp³-hybridized carbons (Fsp3) is 0.579. The van der Waals surface area contributed by atoms with E-state index in [9.17, 15) is 18.0 Å². The van der Waals surface area contributed by atoms with Crippen molar-refractivity contribution >= 4 is 29.0 Å². The minimum absolute atomic E-state index is 0.202. The highest BCUT2D eigenvalue weighted by molar-refractivity contribution is 7.99. The van der Waals surface area contributed by atoms with E-state index >= 15 is 0 Å². The first kappa shape index (κ1) is 21.8. The van der Waals surface area contributed by atoms with Crippen molar-refractivity contribution in [3.05, 3.63) is 23.8 Å². The Bertz CT molecular complexity index is 856. The Morgan fingerprint density at radius 1 is 1.21 bits per heavy atom. The predicted octanol–water partition coefficient (Wildman–Crippen LogP) is 4.49. The fourth-order valence-corrected chi connectivity index (χ4v) is 3.79. The van der Waals surface area contributed by atoms with E-state index in [1.54, 1.807) is 4.90 Å². The fourth-order valence-electron chi connectivity index (χ4n) is 2.96. The molecule has 6 nitrogen and oxygen atoms in total. The van der Waals surface area contributed by atoms with Gasteiger partial charge in [0, 0.05) is 38.5 Å². The van der Waals surface area contributed by atoms with Crippen molar-refractivity contribution < 1.29 is 27.1 Å². The van der Waals surface area contributed by atoms with Crippen LogP contribution in [0, 0.1) is 0 Å². The van der Waals surface area contributed by atoms with E-state index in [0.717, 1.165) is 12.6 Å². The van der Waals surface area contributed by atoms with Crippen molar-refractivity contribution in [2.24, 2.45) is 0 Å². The van der Waals surface area contributed by atoms with Crippen molar-refractivity contribution in [1.29, 1.82) is 0 Å². The molecule has 1 aromatic heterocycles. The van der Waals surface area contributed by atoms with Crippen LogP contribution in [0.15, 0.2) is 27.8 Å². The van der Waals surface area contributed by atoms with Crippen LogP contribution in [0.2, 0.25) is 0 Å². The zero-order valence-corrected chi connectivity index (χ0v) is 17.4. The van der Waals surface area contributed by atoms with Crippen LogP contribution in [0.3, 0.4) is 0 Å². The quantitative estimate of drug-likeness (QED) is 0.665. The average Bonchev–Trinajstić information content (AvgIpc) is 3.02. The number of thioether (sulfide) groups is 1. The lowest BCUT2D eigenvalue weighted by molar-refractivity contribution is -0.136. The number of nitrogens with zero attached hydrogens (tertiary/aromatic N) is 3. The van der Waals surface area contributed by atoms with Gasteiger partial charge in [0.2, 0.25) is 0 Å². The van der Waals surface area contributed by atoms with Crippen molar-refractivity contribution in [3.8, 4) is 0 Å². The molecule has 0 spiro atoms.